The molecular formula is C32H25NO4. The number of pyridine rings is 1. The highest BCUT2D eigenvalue weighted by Gasteiger charge is 2.21. The van der Waals surface area contributed by atoms with Gasteiger partial charge >= 0.3 is 5.97 Å². The average Bonchev–Trinajstić information content (AvgIpc) is 2.96. The van der Waals surface area contributed by atoms with Crippen molar-refractivity contribution in [2.75, 3.05) is 0 Å². The summed E-state index contributed by atoms with van der Waals surface area (Å²) in [5, 5.41) is 9.41. The van der Waals surface area contributed by atoms with E-state index in [1.165, 1.54) is 0 Å². The van der Waals surface area contributed by atoms with Crippen molar-refractivity contribution in [3.8, 4) is 33.9 Å². The fourth-order valence-electron chi connectivity index (χ4n) is 4.05. The lowest BCUT2D eigenvalue weighted by Crippen LogP contribution is -2.05. The molecule has 4 aromatic carbocycles. The van der Waals surface area contributed by atoms with Crippen molar-refractivity contribution in [3.63, 3.8) is 0 Å². The van der Waals surface area contributed by atoms with Crippen LogP contribution < -0.4 is 9.47 Å². The van der Waals surface area contributed by atoms with E-state index in [1.54, 1.807) is 30.5 Å². The molecule has 0 amide bonds. The quantitative estimate of drug-likeness (QED) is 0.237. The van der Waals surface area contributed by atoms with Crippen LogP contribution in [0.4, 0.5) is 0 Å². The van der Waals surface area contributed by atoms with Gasteiger partial charge in [-0.15, -0.1) is 0 Å². The van der Waals surface area contributed by atoms with Gasteiger partial charge in [-0.1, -0.05) is 103 Å². The number of benzene rings is 4. The smallest absolute Gasteiger partial charge is 0.335 e. The number of aromatic carboxylic acids is 1. The van der Waals surface area contributed by atoms with Crippen molar-refractivity contribution < 1.29 is 19.4 Å². The molecule has 5 heteroatoms. The van der Waals surface area contributed by atoms with E-state index in [0.717, 1.165) is 27.8 Å². The van der Waals surface area contributed by atoms with Crippen LogP contribution in [-0.2, 0) is 13.2 Å². The van der Waals surface area contributed by atoms with E-state index in [-0.39, 0.29) is 5.56 Å². The second-order valence-corrected chi connectivity index (χ2v) is 8.48. The molecule has 5 aromatic rings. The Hall–Kier alpha value is -4.90. The minimum atomic E-state index is -0.983. The summed E-state index contributed by atoms with van der Waals surface area (Å²) >= 11 is 0. The number of carboxylic acid groups (broad SMARTS) is 1. The van der Waals surface area contributed by atoms with E-state index < -0.39 is 5.97 Å². The SMILES string of the molecule is O=C(O)c1ccc(-c2c(OCc3ccccc3)ncc(-c3ccccc3)c2OCc2ccccc2)cc1. The Bertz CT molecular complexity index is 1470. The molecule has 1 N–H and O–H groups in total. The maximum absolute atomic E-state index is 11.5. The van der Waals surface area contributed by atoms with Gasteiger partial charge in [0.2, 0.25) is 5.88 Å². The number of hydrogen-bond acceptors (Lipinski definition) is 4. The van der Waals surface area contributed by atoms with Gasteiger partial charge in [0, 0.05) is 11.8 Å². The zero-order valence-corrected chi connectivity index (χ0v) is 20.1. The lowest BCUT2D eigenvalue weighted by molar-refractivity contribution is 0.0697. The fourth-order valence-corrected chi connectivity index (χ4v) is 4.05. The zero-order valence-electron chi connectivity index (χ0n) is 20.1. The highest BCUT2D eigenvalue weighted by atomic mass is 16.5. The Balaban J connectivity index is 1.64. The molecule has 0 bridgehead atoms. The molecule has 0 atom stereocenters. The first kappa shape index (κ1) is 23.8. The van der Waals surface area contributed by atoms with Gasteiger partial charge < -0.3 is 14.6 Å². The van der Waals surface area contributed by atoms with E-state index in [1.807, 2.05) is 91.0 Å². The number of nitrogens with zero attached hydrogens (tertiary/aromatic N) is 1. The second-order valence-electron chi connectivity index (χ2n) is 8.48. The van der Waals surface area contributed by atoms with E-state index >= 15 is 0 Å². The van der Waals surface area contributed by atoms with Crippen LogP contribution in [0.5, 0.6) is 11.6 Å². The predicted molar refractivity (Wildman–Crippen MR) is 144 cm³/mol. The van der Waals surface area contributed by atoms with Crippen molar-refractivity contribution in [3.05, 3.63) is 138 Å². The molecule has 1 aromatic heterocycles. The van der Waals surface area contributed by atoms with Crippen LogP contribution in [0.3, 0.4) is 0 Å². The minimum absolute atomic E-state index is 0.203. The summed E-state index contributed by atoms with van der Waals surface area (Å²) in [6.45, 7) is 0.680. The van der Waals surface area contributed by atoms with Crippen molar-refractivity contribution in [2.45, 2.75) is 13.2 Å². The first-order valence-electron chi connectivity index (χ1n) is 11.9. The van der Waals surface area contributed by atoms with E-state index in [0.29, 0.717) is 30.4 Å². The zero-order chi connectivity index (χ0) is 25.5. The first-order chi connectivity index (χ1) is 18.2. The number of carbonyl (C=O) groups is 1. The summed E-state index contributed by atoms with van der Waals surface area (Å²) < 4.78 is 12.7. The van der Waals surface area contributed by atoms with Gasteiger partial charge in [0.25, 0.3) is 0 Å². The molecular weight excluding hydrogens is 462 g/mol. The molecule has 0 aliphatic carbocycles. The third kappa shape index (κ3) is 5.68. The molecule has 0 spiro atoms. The Morgan fingerprint density at radius 1 is 0.649 bits per heavy atom. The van der Waals surface area contributed by atoms with Crippen molar-refractivity contribution in [1.29, 1.82) is 0 Å². The molecule has 0 unspecified atom stereocenters. The molecule has 182 valence electrons. The summed E-state index contributed by atoms with van der Waals surface area (Å²) in [6.07, 6.45) is 1.77. The van der Waals surface area contributed by atoms with Gasteiger partial charge in [-0.3, -0.25) is 0 Å². The highest BCUT2D eigenvalue weighted by molar-refractivity contribution is 5.90. The standard InChI is InChI=1S/C32H25NO4/c34-32(35)27-18-16-26(17-19-27)29-30(36-21-23-10-4-1-5-11-23)28(25-14-8-3-9-15-25)20-33-31(29)37-22-24-12-6-2-7-13-24/h1-20H,21-22H2,(H,34,35). The lowest BCUT2D eigenvalue weighted by atomic mass is 9.98. The highest BCUT2D eigenvalue weighted by Crippen LogP contribution is 2.44. The molecule has 0 radical (unpaired) electrons. The number of aromatic nitrogens is 1. The monoisotopic (exact) mass is 487 g/mol. The number of carboxylic acids is 1. The summed E-state index contributed by atoms with van der Waals surface area (Å²) in [5.74, 6) is 0.0506. The first-order valence-corrected chi connectivity index (χ1v) is 11.9. The molecule has 5 nitrogen and oxygen atoms in total. The van der Waals surface area contributed by atoms with Crippen LogP contribution in [0.2, 0.25) is 0 Å². The van der Waals surface area contributed by atoms with Gasteiger partial charge in [0.1, 0.15) is 19.0 Å². The van der Waals surface area contributed by atoms with Crippen molar-refractivity contribution in [2.24, 2.45) is 0 Å². The number of ether oxygens (including phenoxy) is 2. The molecule has 1 heterocycles. The minimum Gasteiger partial charge on any atom is -0.487 e. The summed E-state index contributed by atoms with van der Waals surface area (Å²) in [6, 6.07) is 36.4. The fraction of sp³-hybridized carbons (Fsp3) is 0.0625. The molecule has 0 fully saturated rings. The third-order valence-corrected chi connectivity index (χ3v) is 5.95. The summed E-state index contributed by atoms with van der Waals surface area (Å²) in [7, 11) is 0. The summed E-state index contributed by atoms with van der Waals surface area (Å²) in [4.78, 5) is 16.2. The van der Waals surface area contributed by atoms with E-state index in [9.17, 15) is 9.90 Å². The summed E-state index contributed by atoms with van der Waals surface area (Å²) in [5.41, 5.74) is 5.44. The molecule has 37 heavy (non-hydrogen) atoms. The number of hydrogen-bond donors (Lipinski definition) is 1. The van der Waals surface area contributed by atoms with E-state index in [4.69, 9.17) is 14.5 Å². The maximum atomic E-state index is 11.5. The largest absolute Gasteiger partial charge is 0.487 e. The Morgan fingerprint density at radius 3 is 1.76 bits per heavy atom. The van der Waals surface area contributed by atoms with Crippen LogP contribution in [-0.4, -0.2) is 16.1 Å². The molecule has 5 rings (SSSR count). The Morgan fingerprint density at radius 2 is 1.19 bits per heavy atom. The molecule has 0 aliphatic rings. The average molecular weight is 488 g/mol. The van der Waals surface area contributed by atoms with Crippen LogP contribution in [0.1, 0.15) is 21.5 Å². The van der Waals surface area contributed by atoms with Gasteiger partial charge in [-0.25, -0.2) is 9.78 Å². The molecule has 0 saturated carbocycles. The predicted octanol–water partition coefficient (Wildman–Crippen LogP) is 7.27. The van der Waals surface area contributed by atoms with Gasteiger partial charge in [0.05, 0.1) is 11.1 Å². The second kappa shape index (κ2) is 11.2. The number of rotatable bonds is 9. The van der Waals surface area contributed by atoms with Gasteiger partial charge in [-0.05, 0) is 34.4 Å². The normalized spacial score (nSPS) is 10.6. The Labute approximate surface area is 215 Å². The van der Waals surface area contributed by atoms with Crippen LogP contribution in [0, 0.1) is 0 Å². The van der Waals surface area contributed by atoms with Crippen LogP contribution in [0.15, 0.2) is 121 Å². The Kier molecular flexibility index (Phi) is 7.23. The van der Waals surface area contributed by atoms with Crippen molar-refractivity contribution >= 4 is 5.97 Å². The van der Waals surface area contributed by atoms with Crippen LogP contribution >= 0.6 is 0 Å². The van der Waals surface area contributed by atoms with Gasteiger partial charge in [-0.2, -0.15) is 0 Å². The topological polar surface area (TPSA) is 68.7 Å². The lowest BCUT2D eigenvalue weighted by Gasteiger charge is -2.19. The van der Waals surface area contributed by atoms with E-state index in [2.05, 4.69) is 0 Å². The van der Waals surface area contributed by atoms with Gasteiger partial charge in [0.15, 0.2) is 0 Å². The third-order valence-electron chi connectivity index (χ3n) is 5.95. The van der Waals surface area contributed by atoms with Crippen LogP contribution in [0.25, 0.3) is 22.3 Å². The molecule has 0 aliphatic heterocycles. The molecule has 0 saturated heterocycles. The maximum Gasteiger partial charge on any atom is 0.335 e. The van der Waals surface area contributed by atoms with Crippen molar-refractivity contribution in [1.82, 2.24) is 4.98 Å².